The molecule has 0 aliphatic carbocycles. The van der Waals surface area contributed by atoms with Crippen LogP contribution in [0.5, 0.6) is 5.75 Å². The SMILES string of the molecule is C=CCOC(=O)Oc1cccc2[nH]n(C(=O)NCCCCCC)c(=O)c12. The second-order valence-corrected chi connectivity index (χ2v) is 5.68. The highest BCUT2D eigenvalue weighted by Crippen LogP contribution is 2.21. The number of rotatable bonds is 8. The van der Waals surface area contributed by atoms with Gasteiger partial charge in [-0.25, -0.2) is 9.59 Å². The van der Waals surface area contributed by atoms with Crippen LogP contribution in [0.3, 0.4) is 0 Å². The normalized spacial score (nSPS) is 10.5. The summed E-state index contributed by atoms with van der Waals surface area (Å²) in [4.78, 5) is 36.4. The molecule has 0 aliphatic rings. The summed E-state index contributed by atoms with van der Waals surface area (Å²) in [5.74, 6) is 0.0207. The molecule has 0 radical (unpaired) electrons. The second kappa shape index (κ2) is 9.45. The zero-order chi connectivity index (χ0) is 18.9. The third kappa shape index (κ3) is 4.75. The van der Waals surface area contributed by atoms with Gasteiger partial charge in [-0.3, -0.25) is 9.89 Å². The van der Waals surface area contributed by atoms with E-state index >= 15 is 0 Å². The molecule has 8 heteroatoms. The van der Waals surface area contributed by atoms with Gasteiger partial charge in [0.1, 0.15) is 17.7 Å². The fourth-order valence-electron chi connectivity index (χ4n) is 2.43. The molecule has 8 nitrogen and oxygen atoms in total. The molecule has 0 fully saturated rings. The standard InChI is InChI=1S/C18H23N3O5/c1-3-5-6-7-11-19-17(23)21-16(22)15-13(20-21)9-8-10-14(15)26-18(24)25-12-4-2/h4,8-10,20H,2-3,5-7,11-12H2,1H3,(H,19,23). The largest absolute Gasteiger partial charge is 0.514 e. The number of carbonyl (C=O) groups is 2. The Hall–Kier alpha value is -3.03. The van der Waals surface area contributed by atoms with E-state index in [4.69, 9.17) is 9.47 Å². The summed E-state index contributed by atoms with van der Waals surface area (Å²) in [6, 6.07) is 4.12. The molecule has 140 valence electrons. The smallest absolute Gasteiger partial charge is 0.430 e. The van der Waals surface area contributed by atoms with E-state index in [2.05, 4.69) is 23.9 Å². The summed E-state index contributed by atoms with van der Waals surface area (Å²) >= 11 is 0. The van der Waals surface area contributed by atoms with Crippen LogP contribution in [0.4, 0.5) is 9.59 Å². The molecule has 0 aliphatic heterocycles. The van der Waals surface area contributed by atoms with E-state index in [1.807, 2.05) is 0 Å². The van der Waals surface area contributed by atoms with E-state index in [9.17, 15) is 14.4 Å². The van der Waals surface area contributed by atoms with Crippen molar-refractivity contribution in [2.75, 3.05) is 13.2 Å². The van der Waals surface area contributed by atoms with Crippen molar-refractivity contribution in [2.24, 2.45) is 0 Å². The first-order valence-corrected chi connectivity index (χ1v) is 8.56. The van der Waals surface area contributed by atoms with Gasteiger partial charge in [-0.05, 0) is 18.6 Å². The molecule has 0 spiro atoms. The van der Waals surface area contributed by atoms with Gasteiger partial charge in [-0.2, -0.15) is 4.68 Å². The molecule has 1 aromatic carbocycles. The van der Waals surface area contributed by atoms with E-state index in [0.717, 1.165) is 30.4 Å². The lowest BCUT2D eigenvalue weighted by Gasteiger charge is -2.04. The predicted molar refractivity (Wildman–Crippen MR) is 97.7 cm³/mol. The molecule has 0 unspecified atom stereocenters. The number of carbonyl (C=O) groups excluding carboxylic acids is 2. The number of fused-ring (bicyclic) bond motifs is 1. The van der Waals surface area contributed by atoms with Gasteiger partial charge in [0, 0.05) is 6.54 Å². The Morgan fingerprint density at radius 1 is 1.31 bits per heavy atom. The van der Waals surface area contributed by atoms with Crippen LogP contribution in [0.15, 0.2) is 35.6 Å². The van der Waals surface area contributed by atoms with E-state index < -0.39 is 17.7 Å². The molecule has 0 saturated carbocycles. The summed E-state index contributed by atoms with van der Waals surface area (Å²) in [5, 5.41) is 5.51. The van der Waals surface area contributed by atoms with Crippen molar-refractivity contribution in [1.29, 1.82) is 0 Å². The molecule has 2 aromatic rings. The van der Waals surface area contributed by atoms with Gasteiger partial charge in [-0.15, -0.1) is 0 Å². The summed E-state index contributed by atoms with van der Waals surface area (Å²) in [6.07, 6.45) is 4.51. The number of benzene rings is 1. The van der Waals surface area contributed by atoms with E-state index in [1.165, 1.54) is 12.1 Å². The molecule has 2 rings (SSSR count). The zero-order valence-corrected chi connectivity index (χ0v) is 14.7. The maximum atomic E-state index is 12.5. The Bertz CT molecular complexity index is 837. The quantitative estimate of drug-likeness (QED) is 0.325. The first-order valence-electron chi connectivity index (χ1n) is 8.56. The topological polar surface area (TPSA) is 102 Å². The molecule has 0 saturated heterocycles. The van der Waals surface area contributed by atoms with Gasteiger partial charge in [0.05, 0.1) is 5.52 Å². The third-order valence-corrected chi connectivity index (χ3v) is 3.70. The van der Waals surface area contributed by atoms with Crippen molar-refractivity contribution in [3.63, 3.8) is 0 Å². The Kier molecular flexibility index (Phi) is 7.02. The summed E-state index contributed by atoms with van der Waals surface area (Å²) < 4.78 is 10.7. The number of aromatic nitrogens is 2. The van der Waals surface area contributed by atoms with E-state index in [-0.39, 0.29) is 17.7 Å². The van der Waals surface area contributed by atoms with Crippen LogP contribution in [0.1, 0.15) is 32.6 Å². The van der Waals surface area contributed by atoms with Crippen molar-refractivity contribution >= 4 is 23.1 Å². The van der Waals surface area contributed by atoms with Crippen LogP contribution < -0.4 is 15.6 Å². The highest BCUT2D eigenvalue weighted by atomic mass is 16.7. The molecule has 26 heavy (non-hydrogen) atoms. The first-order chi connectivity index (χ1) is 12.6. The summed E-state index contributed by atoms with van der Waals surface area (Å²) in [5.41, 5.74) is -0.219. The molecule has 1 heterocycles. The highest BCUT2D eigenvalue weighted by molar-refractivity contribution is 5.89. The monoisotopic (exact) mass is 361 g/mol. The van der Waals surface area contributed by atoms with Crippen molar-refractivity contribution in [3.05, 3.63) is 41.2 Å². The van der Waals surface area contributed by atoms with Crippen molar-refractivity contribution < 1.29 is 19.1 Å². The molecular formula is C18H23N3O5. The number of aromatic amines is 1. The maximum Gasteiger partial charge on any atom is 0.514 e. The Morgan fingerprint density at radius 3 is 2.85 bits per heavy atom. The van der Waals surface area contributed by atoms with Crippen molar-refractivity contribution in [2.45, 2.75) is 32.6 Å². The Labute approximate surface area is 150 Å². The number of amides is 1. The lowest BCUT2D eigenvalue weighted by Crippen LogP contribution is -2.36. The zero-order valence-electron chi connectivity index (χ0n) is 14.7. The number of hydrogen-bond donors (Lipinski definition) is 2. The van der Waals surface area contributed by atoms with Crippen LogP contribution in [0.25, 0.3) is 10.9 Å². The average molecular weight is 361 g/mol. The number of nitrogens with one attached hydrogen (secondary N) is 2. The number of unbranched alkanes of at least 4 members (excludes halogenated alkanes) is 3. The minimum absolute atomic E-state index is 0.00733. The summed E-state index contributed by atoms with van der Waals surface area (Å²) in [7, 11) is 0. The van der Waals surface area contributed by atoms with Gasteiger partial charge in [-0.1, -0.05) is 44.9 Å². The van der Waals surface area contributed by atoms with Crippen LogP contribution in [-0.2, 0) is 4.74 Å². The molecular weight excluding hydrogens is 338 g/mol. The molecule has 0 bridgehead atoms. The average Bonchev–Trinajstić information content (AvgIpc) is 2.97. The lowest BCUT2D eigenvalue weighted by atomic mass is 10.2. The Morgan fingerprint density at radius 2 is 2.12 bits per heavy atom. The minimum atomic E-state index is -0.954. The predicted octanol–water partition coefficient (Wildman–Crippen LogP) is 3.17. The first kappa shape index (κ1) is 19.3. The van der Waals surface area contributed by atoms with E-state index in [1.54, 1.807) is 12.1 Å². The van der Waals surface area contributed by atoms with Crippen LogP contribution in [0, 0.1) is 0 Å². The van der Waals surface area contributed by atoms with Gasteiger partial charge < -0.3 is 14.8 Å². The maximum absolute atomic E-state index is 12.5. The van der Waals surface area contributed by atoms with Gasteiger partial charge in [0.2, 0.25) is 0 Å². The van der Waals surface area contributed by atoms with Gasteiger partial charge in [0.25, 0.3) is 5.56 Å². The van der Waals surface area contributed by atoms with Crippen molar-refractivity contribution in [1.82, 2.24) is 15.1 Å². The number of nitrogens with zero attached hydrogens (tertiary/aromatic N) is 1. The highest BCUT2D eigenvalue weighted by Gasteiger charge is 2.18. The number of H-pyrrole nitrogens is 1. The summed E-state index contributed by atoms with van der Waals surface area (Å²) in [6.45, 7) is 6.02. The second-order valence-electron chi connectivity index (χ2n) is 5.68. The molecule has 0 atom stereocenters. The van der Waals surface area contributed by atoms with Crippen molar-refractivity contribution in [3.8, 4) is 5.75 Å². The minimum Gasteiger partial charge on any atom is -0.430 e. The van der Waals surface area contributed by atoms with Crippen LogP contribution >= 0.6 is 0 Å². The van der Waals surface area contributed by atoms with Gasteiger partial charge >= 0.3 is 12.2 Å². The molecule has 1 aromatic heterocycles. The van der Waals surface area contributed by atoms with Gasteiger partial charge in [0.15, 0.2) is 0 Å². The molecule has 1 amide bonds. The fourth-order valence-corrected chi connectivity index (χ4v) is 2.43. The molecule has 2 N–H and O–H groups in total. The van der Waals surface area contributed by atoms with Crippen LogP contribution in [0.2, 0.25) is 0 Å². The number of ether oxygens (including phenoxy) is 2. The lowest BCUT2D eigenvalue weighted by molar-refractivity contribution is 0.110. The van der Waals surface area contributed by atoms with Crippen LogP contribution in [-0.4, -0.2) is 35.1 Å². The third-order valence-electron chi connectivity index (χ3n) is 3.70. The Balaban J connectivity index is 2.15. The fraction of sp³-hybridized carbons (Fsp3) is 0.389. The van der Waals surface area contributed by atoms with E-state index in [0.29, 0.717) is 12.1 Å². The number of hydrogen-bond acceptors (Lipinski definition) is 5.